The van der Waals surface area contributed by atoms with Gasteiger partial charge in [-0.2, -0.15) is 0 Å². The molecule has 0 saturated heterocycles. The quantitative estimate of drug-likeness (QED) is 0.0531. The summed E-state index contributed by atoms with van der Waals surface area (Å²) in [5.41, 5.74) is 2.86. The fourth-order valence-corrected chi connectivity index (χ4v) is 5.68. The highest BCUT2D eigenvalue weighted by atomic mass is 16.5. The Morgan fingerprint density at radius 2 is 1.13 bits per heavy atom. The van der Waals surface area contributed by atoms with Crippen LogP contribution >= 0.6 is 0 Å². The van der Waals surface area contributed by atoms with Crippen LogP contribution < -0.4 is 9.47 Å². The first-order valence-electron chi connectivity index (χ1n) is 18.5. The second kappa shape index (κ2) is 23.2. The molecule has 0 bridgehead atoms. The monoisotopic (exact) mass is 628 g/mol. The fraction of sp³-hybridized carbons (Fsp3) is 0.585. The number of aromatic nitrogens is 2. The van der Waals surface area contributed by atoms with Gasteiger partial charge in [0.2, 0.25) is 0 Å². The molecule has 1 aromatic heterocycles. The number of rotatable bonds is 25. The molecule has 3 aromatic rings. The van der Waals surface area contributed by atoms with Gasteiger partial charge in [-0.25, -0.2) is 9.97 Å². The van der Waals surface area contributed by atoms with Gasteiger partial charge in [0.25, 0.3) is 0 Å². The van der Waals surface area contributed by atoms with Crippen molar-refractivity contribution >= 4 is 5.97 Å². The molecule has 1 heterocycles. The minimum Gasteiger partial charge on any atom is -0.494 e. The molecule has 0 N–H and O–H groups in total. The molecule has 0 aliphatic rings. The van der Waals surface area contributed by atoms with Gasteiger partial charge in [0.1, 0.15) is 11.5 Å². The predicted molar refractivity (Wildman–Crippen MR) is 192 cm³/mol. The highest BCUT2D eigenvalue weighted by Gasteiger charge is 2.08. The minimum atomic E-state index is -0.164. The van der Waals surface area contributed by atoms with Gasteiger partial charge in [0.15, 0.2) is 5.82 Å². The van der Waals surface area contributed by atoms with Crippen LogP contribution in [0.5, 0.6) is 11.5 Å². The lowest BCUT2D eigenvalue weighted by molar-refractivity contribution is -0.134. The van der Waals surface area contributed by atoms with Crippen LogP contribution in [-0.2, 0) is 4.79 Å². The van der Waals surface area contributed by atoms with E-state index in [-0.39, 0.29) is 5.97 Å². The van der Waals surface area contributed by atoms with Crippen LogP contribution in [0.25, 0.3) is 22.5 Å². The van der Waals surface area contributed by atoms with Crippen LogP contribution in [0.4, 0.5) is 0 Å². The standard InChI is InChI=1S/C41H60N2O3/c1-4-6-7-8-9-10-11-12-13-14-17-20-31-45-38-27-25-36(26-28-38)41-42-32-37(33-43-41)35-23-29-39(30-24-35)46-40(44)22-19-16-15-18-21-34(3)5-2/h23-30,32-34H,4-22,31H2,1-3H3. The third kappa shape index (κ3) is 15.4. The molecular weight excluding hydrogens is 568 g/mol. The number of esters is 1. The van der Waals surface area contributed by atoms with Crippen molar-refractivity contribution in [1.29, 1.82) is 0 Å². The van der Waals surface area contributed by atoms with Gasteiger partial charge in [-0.1, -0.05) is 136 Å². The zero-order chi connectivity index (χ0) is 32.7. The zero-order valence-corrected chi connectivity index (χ0v) is 29.1. The maximum Gasteiger partial charge on any atom is 0.311 e. The molecule has 0 radical (unpaired) electrons. The van der Waals surface area contributed by atoms with Crippen molar-refractivity contribution in [2.24, 2.45) is 5.92 Å². The number of ether oxygens (including phenoxy) is 2. The number of carbonyl (C=O) groups excluding carboxylic acids is 1. The van der Waals surface area contributed by atoms with Crippen LogP contribution in [0.1, 0.15) is 143 Å². The molecule has 1 unspecified atom stereocenters. The third-order valence-corrected chi connectivity index (χ3v) is 8.98. The molecule has 0 aliphatic heterocycles. The zero-order valence-electron chi connectivity index (χ0n) is 29.1. The van der Waals surface area contributed by atoms with E-state index >= 15 is 0 Å². The number of nitrogens with zero attached hydrogens (tertiary/aromatic N) is 2. The van der Waals surface area contributed by atoms with E-state index in [1.54, 1.807) is 0 Å². The molecule has 3 rings (SSSR count). The van der Waals surface area contributed by atoms with E-state index in [0.29, 0.717) is 18.0 Å². The van der Waals surface area contributed by atoms with Crippen LogP contribution in [0.2, 0.25) is 0 Å². The van der Waals surface area contributed by atoms with Crippen molar-refractivity contribution in [3.63, 3.8) is 0 Å². The van der Waals surface area contributed by atoms with E-state index in [1.807, 2.05) is 60.9 Å². The Morgan fingerprint density at radius 3 is 1.74 bits per heavy atom. The van der Waals surface area contributed by atoms with Crippen molar-refractivity contribution in [2.75, 3.05) is 6.61 Å². The van der Waals surface area contributed by atoms with Crippen molar-refractivity contribution in [2.45, 2.75) is 143 Å². The maximum absolute atomic E-state index is 12.3. The average Bonchev–Trinajstić information content (AvgIpc) is 3.09. The molecule has 0 fully saturated rings. The summed E-state index contributed by atoms with van der Waals surface area (Å²) in [6.45, 7) is 7.59. The Balaban J connectivity index is 1.30. The average molecular weight is 629 g/mol. The summed E-state index contributed by atoms with van der Waals surface area (Å²) in [5, 5.41) is 0. The lowest BCUT2D eigenvalue weighted by Crippen LogP contribution is -2.07. The molecule has 252 valence electrons. The topological polar surface area (TPSA) is 61.3 Å². The predicted octanol–water partition coefficient (Wildman–Crippen LogP) is 12.2. The van der Waals surface area contributed by atoms with E-state index < -0.39 is 0 Å². The van der Waals surface area contributed by atoms with Gasteiger partial charge in [-0.05, 0) is 60.7 Å². The van der Waals surface area contributed by atoms with Crippen LogP contribution in [0, 0.1) is 5.92 Å². The smallest absolute Gasteiger partial charge is 0.311 e. The van der Waals surface area contributed by atoms with Crippen LogP contribution in [-0.4, -0.2) is 22.5 Å². The first-order chi connectivity index (χ1) is 22.6. The van der Waals surface area contributed by atoms with Gasteiger partial charge in [0, 0.05) is 29.9 Å². The van der Waals surface area contributed by atoms with E-state index in [4.69, 9.17) is 9.47 Å². The van der Waals surface area contributed by atoms with Gasteiger partial charge >= 0.3 is 5.97 Å². The number of hydrogen-bond donors (Lipinski definition) is 0. The number of hydrogen-bond acceptors (Lipinski definition) is 5. The van der Waals surface area contributed by atoms with Crippen molar-refractivity contribution in [1.82, 2.24) is 9.97 Å². The summed E-state index contributed by atoms with van der Waals surface area (Å²) in [6.07, 6.45) is 27.2. The minimum absolute atomic E-state index is 0.164. The van der Waals surface area contributed by atoms with E-state index in [0.717, 1.165) is 54.2 Å². The summed E-state index contributed by atoms with van der Waals surface area (Å²) in [5.74, 6) is 2.78. The number of benzene rings is 2. The van der Waals surface area contributed by atoms with Crippen molar-refractivity contribution < 1.29 is 14.3 Å². The summed E-state index contributed by atoms with van der Waals surface area (Å²) < 4.78 is 11.5. The Morgan fingerprint density at radius 1 is 0.609 bits per heavy atom. The first kappa shape index (κ1) is 37.2. The fourth-order valence-electron chi connectivity index (χ4n) is 5.68. The Bertz CT molecular complexity index is 1190. The van der Waals surface area contributed by atoms with Crippen LogP contribution in [0.3, 0.4) is 0 Å². The molecule has 5 nitrogen and oxygen atoms in total. The summed E-state index contributed by atoms with van der Waals surface area (Å²) in [7, 11) is 0. The molecule has 2 aromatic carbocycles. The summed E-state index contributed by atoms with van der Waals surface area (Å²) in [4.78, 5) is 21.4. The van der Waals surface area contributed by atoms with Gasteiger partial charge in [-0.3, -0.25) is 4.79 Å². The molecule has 0 spiro atoms. The molecule has 5 heteroatoms. The first-order valence-corrected chi connectivity index (χ1v) is 18.5. The van der Waals surface area contributed by atoms with Crippen LogP contribution in [0.15, 0.2) is 60.9 Å². The van der Waals surface area contributed by atoms with Crippen molar-refractivity contribution in [3.05, 3.63) is 60.9 Å². The molecule has 0 saturated carbocycles. The lowest BCUT2D eigenvalue weighted by atomic mass is 10.0. The van der Waals surface area contributed by atoms with Crippen molar-refractivity contribution in [3.8, 4) is 34.0 Å². The third-order valence-electron chi connectivity index (χ3n) is 8.98. The second-order valence-corrected chi connectivity index (χ2v) is 13.0. The Hall–Kier alpha value is -3.21. The molecule has 46 heavy (non-hydrogen) atoms. The largest absolute Gasteiger partial charge is 0.494 e. The Kier molecular flexibility index (Phi) is 18.8. The lowest BCUT2D eigenvalue weighted by Gasteiger charge is -2.08. The molecule has 0 aliphatic carbocycles. The summed E-state index contributed by atoms with van der Waals surface area (Å²) >= 11 is 0. The molecular formula is C41H60N2O3. The Labute approximate surface area is 279 Å². The number of carbonyl (C=O) groups is 1. The summed E-state index contributed by atoms with van der Waals surface area (Å²) in [6, 6.07) is 15.6. The van der Waals surface area contributed by atoms with E-state index in [9.17, 15) is 4.79 Å². The van der Waals surface area contributed by atoms with Gasteiger partial charge < -0.3 is 9.47 Å². The van der Waals surface area contributed by atoms with E-state index in [1.165, 1.54) is 96.3 Å². The van der Waals surface area contributed by atoms with E-state index in [2.05, 4.69) is 30.7 Å². The molecule has 0 amide bonds. The second-order valence-electron chi connectivity index (χ2n) is 13.0. The SMILES string of the molecule is CCCCCCCCCCCCCCOc1ccc(-c2ncc(-c3ccc(OC(=O)CCCCCCC(C)CC)cc3)cn2)cc1. The number of unbranched alkanes of at least 4 members (excludes halogenated alkanes) is 14. The highest BCUT2D eigenvalue weighted by molar-refractivity contribution is 5.73. The maximum atomic E-state index is 12.3. The highest BCUT2D eigenvalue weighted by Crippen LogP contribution is 2.25. The normalized spacial score (nSPS) is 11.8. The van der Waals surface area contributed by atoms with Gasteiger partial charge in [0.05, 0.1) is 6.61 Å². The molecule has 1 atom stereocenters. The van der Waals surface area contributed by atoms with Gasteiger partial charge in [-0.15, -0.1) is 0 Å².